The van der Waals surface area contributed by atoms with Gasteiger partial charge in [-0.25, -0.2) is 4.39 Å². The van der Waals surface area contributed by atoms with Crippen molar-refractivity contribution in [3.63, 3.8) is 0 Å². The van der Waals surface area contributed by atoms with Gasteiger partial charge in [0.15, 0.2) is 5.75 Å². The molecule has 0 atom stereocenters. The number of hydrogen-bond acceptors (Lipinski definition) is 3. The number of carbonyl (C=O) groups is 1. The van der Waals surface area contributed by atoms with Crippen LogP contribution in [0.25, 0.3) is 0 Å². The van der Waals surface area contributed by atoms with E-state index in [1.54, 1.807) is 0 Å². The first-order valence-electron chi connectivity index (χ1n) is 7.34. The zero-order chi connectivity index (χ0) is 16.8. The van der Waals surface area contributed by atoms with Crippen LogP contribution in [0.15, 0.2) is 41.3 Å². The number of rotatable bonds is 6. The fourth-order valence-electron chi connectivity index (χ4n) is 1.88. The third kappa shape index (κ3) is 4.95. The normalized spacial score (nSPS) is 10.6. The first-order valence-corrected chi connectivity index (χ1v) is 7.34. The van der Waals surface area contributed by atoms with Gasteiger partial charge in [0.25, 0.3) is 5.91 Å². The van der Waals surface area contributed by atoms with E-state index in [0.29, 0.717) is 18.2 Å². The molecule has 0 bridgehead atoms. The molecule has 5 nitrogen and oxygen atoms in total. The number of H-pyrrole nitrogens is 1. The SMILES string of the molecule is CC(C)COc1c[nH]c(CNC(=O)c2cccc(F)c2)cc1=O. The first kappa shape index (κ1) is 16.7. The largest absolute Gasteiger partial charge is 0.488 e. The summed E-state index contributed by atoms with van der Waals surface area (Å²) in [6.45, 7) is 4.57. The molecule has 2 aromatic rings. The van der Waals surface area contributed by atoms with Crippen molar-refractivity contribution >= 4 is 5.91 Å². The molecule has 0 aliphatic heterocycles. The number of halogens is 1. The molecule has 122 valence electrons. The lowest BCUT2D eigenvalue weighted by Crippen LogP contribution is -2.24. The number of amides is 1. The predicted octanol–water partition coefficient (Wildman–Crippen LogP) is 2.48. The second kappa shape index (κ2) is 7.58. The summed E-state index contributed by atoms with van der Waals surface area (Å²) in [6, 6.07) is 6.78. The lowest BCUT2D eigenvalue weighted by molar-refractivity contribution is 0.0950. The molecular weight excluding hydrogens is 299 g/mol. The molecule has 0 aliphatic carbocycles. The first-order chi connectivity index (χ1) is 11.0. The highest BCUT2D eigenvalue weighted by Gasteiger charge is 2.08. The highest BCUT2D eigenvalue weighted by Crippen LogP contribution is 2.06. The Bertz CT molecular complexity index is 741. The van der Waals surface area contributed by atoms with Crippen molar-refractivity contribution in [2.45, 2.75) is 20.4 Å². The Kier molecular flexibility index (Phi) is 5.51. The highest BCUT2D eigenvalue weighted by molar-refractivity contribution is 5.94. The molecule has 1 aromatic heterocycles. The van der Waals surface area contributed by atoms with E-state index < -0.39 is 11.7 Å². The van der Waals surface area contributed by atoms with Gasteiger partial charge in [-0.1, -0.05) is 19.9 Å². The Balaban J connectivity index is 1.97. The van der Waals surface area contributed by atoms with E-state index in [0.717, 1.165) is 6.07 Å². The average Bonchev–Trinajstić information content (AvgIpc) is 2.51. The number of pyridine rings is 1. The smallest absolute Gasteiger partial charge is 0.251 e. The fraction of sp³-hybridized carbons (Fsp3) is 0.294. The second-order valence-corrected chi connectivity index (χ2v) is 5.58. The number of aromatic amines is 1. The summed E-state index contributed by atoms with van der Waals surface area (Å²) in [5.74, 6) is -0.318. The number of ether oxygens (including phenoxy) is 1. The van der Waals surface area contributed by atoms with E-state index in [1.165, 1.54) is 30.5 Å². The van der Waals surface area contributed by atoms with Crippen LogP contribution in [0.4, 0.5) is 4.39 Å². The molecule has 23 heavy (non-hydrogen) atoms. The van der Waals surface area contributed by atoms with Gasteiger partial charge in [0.05, 0.1) is 13.2 Å². The Morgan fingerprint density at radius 3 is 2.78 bits per heavy atom. The van der Waals surface area contributed by atoms with Gasteiger partial charge in [-0.3, -0.25) is 9.59 Å². The molecule has 2 N–H and O–H groups in total. The molecule has 1 aromatic carbocycles. The number of benzene rings is 1. The van der Waals surface area contributed by atoms with Gasteiger partial charge in [-0.05, 0) is 24.1 Å². The topological polar surface area (TPSA) is 71.2 Å². The van der Waals surface area contributed by atoms with E-state index in [4.69, 9.17) is 4.74 Å². The van der Waals surface area contributed by atoms with Gasteiger partial charge in [-0.15, -0.1) is 0 Å². The molecule has 0 unspecified atom stereocenters. The summed E-state index contributed by atoms with van der Waals surface area (Å²) >= 11 is 0. The van der Waals surface area contributed by atoms with Crippen molar-refractivity contribution in [3.05, 3.63) is 63.8 Å². The lowest BCUT2D eigenvalue weighted by atomic mass is 10.2. The van der Waals surface area contributed by atoms with Gasteiger partial charge in [0.1, 0.15) is 5.82 Å². The average molecular weight is 318 g/mol. The molecule has 1 heterocycles. The van der Waals surface area contributed by atoms with E-state index in [2.05, 4.69) is 10.3 Å². The quantitative estimate of drug-likeness (QED) is 0.859. The minimum Gasteiger partial charge on any atom is -0.488 e. The van der Waals surface area contributed by atoms with Crippen LogP contribution in [0.5, 0.6) is 5.75 Å². The lowest BCUT2D eigenvalue weighted by Gasteiger charge is -2.09. The summed E-state index contributed by atoms with van der Waals surface area (Å²) in [7, 11) is 0. The van der Waals surface area contributed by atoms with Crippen molar-refractivity contribution in [1.82, 2.24) is 10.3 Å². The zero-order valence-electron chi connectivity index (χ0n) is 13.1. The number of aromatic nitrogens is 1. The molecule has 0 saturated carbocycles. The Labute approximate surface area is 133 Å². The summed E-state index contributed by atoms with van der Waals surface area (Å²) in [5.41, 5.74) is 0.514. The molecule has 0 saturated heterocycles. The van der Waals surface area contributed by atoms with Gasteiger partial charge in [0, 0.05) is 23.5 Å². The molecule has 0 spiro atoms. The monoisotopic (exact) mass is 318 g/mol. The second-order valence-electron chi connectivity index (χ2n) is 5.58. The fourth-order valence-corrected chi connectivity index (χ4v) is 1.88. The summed E-state index contributed by atoms with van der Waals surface area (Å²) in [5, 5.41) is 2.62. The van der Waals surface area contributed by atoms with Crippen LogP contribution in [0, 0.1) is 11.7 Å². The maximum Gasteiger partial charge on any atom is 0.251 e. The van der Waals surface area contributed by atoms with Crippen molar-refractivity contribution in [3.8, 4) is 5.75 Å². The van der Waals surface area contributed by atoms with Crippen LogP contribution in [0.2, 0.25) is 0 Å². The maximum absolute atomic E-state index is 13.1. The molecule has 0 aliphatic rings. The third-order valence-electron chi connectivity index (χ3n) is 3.04. The predicted molar refractivity (Wildman–Crippen MR) is 85.0 cm³/mol. The van der Waals surface area contributed by atoms with Gasteiger partial charge >= 0.3 is 0 Å². The van der Waals surface area contributed by atoms with Crippen LogP contribution in [0.3, 0.4) is 0 Å². The van der Waals surface area contributed by atoms with Gasteiger partial charge in [0.2, 0.25) is 5.43 Å². The minimum atomic E-state index is -0.474. The van der Waals surface area contributed by atoms with Crippen LogP contribution in [0.1, 0.15) is 29.9 Å². The van der Waals surface area contributed by atoms with Crippen LogP contribution in [-0.2, 0) is 6.54 Å². The molecule has 0 radical (unpaired) electrons. The third-order valence-corrected chi connectivity index (χ3v) is 3.04. The summed E-state index contributed by atoms with van der Waals surface area (Å²) < 4.78 is 18.5. The van der Waals surface area contributed by atoms with Gasteiger partial charge in [-0.2, -0.15) is 0 Å². The number of nitrogens with one attached hydrogen (secondary N) is 2. The Morgan fingerprint density at radius 1 is 1.35 bits per heavy atom. The van der Waals surface area contributed by atoms with Crippen LogP contribution < -0.4 is 15.5 Å². The van der Waals surface area contributed by atoms with Crippen LogP contribution >= 0.6 is 0 Å². The zero-order valence-corrected chi connectivity index (χ0v) is 13.1. The Morgan fingerprint density at radius 2 is 2.13 bits per heavy atom. The van der Waals surface area contributed by atoms with Crippen molar-refractivity contribution in [2.24, 2.45) is 5.92 Å². The van der Waals surface area contributed by atoms with Crippen LogP contribution in [-0.4, -0.2) is 17.5 Å². The molecule has 6 heteroatoms. The summed E-state index contributed by atoms with van der Waals surface area (Å²) in [6.07, 6.45) is 1.48. The highest BCUT2D eigenvalue weighted by atomic mass is 19.1. The van der Waals surface area contributed by atoms with Gasteiger partial charge < -0.3 is 15.0 Å². The van der Waals surface area contributed by atoms with Crippen molar-refractivity contribution in [2.75, 3.05) is 6.61 Å². The minimum absolute atomic E-state index is 0.134. The summed E-state index contributed by atoms with van der Waals surface area (Å²) in [4.78, 5) is 26.7. The number of hydrogen-bond donors (Lipinski definition) is 2. The number of carbonyl (C=O) groups excluding carboxylic acids is 1. The van der Waals surface area contributed by atoms with E-state index >= 15 is 0 Å². The van der Waals surface area contributed by atoms with E-state index in [1.807, 2.05) is 13.8 Å². The Hall–Kier alpha value is -2.63. The standard InChI is InChI=1S/C17H19FN2O3/c1-11(2)10-23-16-9-19-14(7-15(16)21)8-20-17(22)12-4-3-5-13(18)6-12/h3-7,9,11H,8,10H2,1-2H3,(H,19,21)(H,20,22). The maximum atomic E-state index is 13.1. The molecule has 0 fully saturated rings. The van der Waals surface area contributed by atoms with E-state index in [-0.39, 0.29) is 23.3 Å². The van der Waals surface area contributed by atoms with Crippen molar-refractivity contribution in [1.29, 1.82) is 0 Å². The molecular formula is C17H19FN2O3. The molecule has 1 amide bonds. The molecule has 2 rings (SSSR count). The van der Waals surface area contributed by atoms with Crippen molar-refractivity contribution < 1.29 is 13.9 Å². The van der Waals surface area contributed by atoms with E-state index in [9.17, 15) is 14.0 Å².